The molecular formula is C11H15IN2O3. The maximum Gasteiger partial charge on any atom is 0.255 e. The lowest BCUT2D eigenvalue weighted by molar-refractivity contribution is 0.0935. The van der Waals surface area contributed by atoms with Gasteiger partial charge in [0.2, 0.25) is 0 Å². The molecule has 0 aliphatic carbocycles. The molecule has 94 valence electrons. The number of rotatable bonds is 4. The van der Waals surface area contributed by atoms with Crippen LogP contribution in [0.3, 0.4) is 0 Å². The SMILES string of the molecule is CC(O)C(N)CNC(=O)c1cc(I)ccc1O. The van der Waals surface area contributed by atoms with E-state index in [-0.39, 0.29) is 17.9 Å². The van der Waals surface area contributed by atoms with Crippen molar-refractivity contribution >= 4 is 28.5 Å². The van der Waals surface area contributed by atoms with E-state index in [0.717, 1.165) is 3.57 Å². The maximum absolute atomic E-state index is 11.7. The van der Waals surface area contributed by atoms with Gasteiger partial charge in [0.1, 0.15) is 5.75 Å². The summed E-state index contributed by atoms with van der Waals surface area (Å²) in [4.78, 5) is 11.7. The van der Waals surface area contributed by atoms with E-state index in [1.807, 2.05) is 0 Å². The van der Waals surface area contributed by atoms with Gasteiger partial charge in [-0.05, 0) is 47.7 Å². The van der Waals surface area contributed by atoms with Crippen molar-refractivity contribution in [2.24, 2.45) is 5.73 Å². The highest BCUT2D eigenvalue weighted by Crippen LogP contribution is 2.19. The molecular weight excluding hydrogens is 335 g/mol. The van der Waals surface area contributed by atoms with E-state index in [4.69, 9.17) is 5.73 Å². The summed E-state index contributed by atoms with van der Waals surface area (Å²) < 4.78 is 0.852. The molecule has 0 aromatic heterocycles. The third kappa shape index (κ3) is 4.14. The summed E-state index contributed by atoms with van der Waals surface area (Å²) in [6.07, 6.45) is -0.695. The minimum absolute atomic E-state index is 0.0754. The van der Waals surface area contributed by atoms with E-state index < -0.39 is 18.1 Å². The average molecular weight is 350 g/mol. The van der Waals surface area contributed by atoms with Crippen molar-refractivity contribution in [3.8, 4) is 5.75 Å². The number of nitrogens with two attached hydrogens (primary N) is 1. The van der Waals surface area contributed by atoms with Crippen LogP contribution in [0.1, 0.15) is 17.3 Å². The normalized spacial score (nSPS) is 14.1. The molecule has 0 spiro atoms. The summed E-state index contributed by atoms with van der Waals surface area (Å²) >= 11 is 2.05. The molecule has 0 saturated carbocycles. The van der Waals surface area contributed by atoms with Gasteiger partial charge in [-0.15, -0.1) is 0 Å². The molecule has 0 radical (unpaired) electrons. The zero-order valence-corrected chi connectivity index (χ0v) is 11.5. The van der Waals surface area contributed by atoms with E-state index in [2.05, 4.69) is 27.9 Å². The number of halogens is 1. The molecule has 2 atom stereocenters. The van der Waals surface area contributed by atoms with Crippen molar-refractivity contribution in [1.82, 2.24) is 5.32 Å². The number of phenolic OH excluding ortho intramolecular Hbond substituents is 1. The predicted octanol–water partition coefficient (Wildman–Crippen LogP) is 0.435. The quantitative estimate of drug-likeness (QED) is 0.593. The van der Waals surface area contributed by atoms with Crippen LogP contribution in [0.5, 0.6) is 5.75 Å². The smallest absolute Gasteiger partial charge is 0.255 e. The average Bonchev–Trinajstić information content (AvgIpc) is 2.28. The first kappa shape index (κ1) is 14.2. The number of carbonyl (C=O) groups excluding carboxylic acids is 1. The van der Waals surface area contributed by atoms with E-state index in [1.165, 1.54) is 6.07 Å². The van der Waals surface area contributed by atoms with Gasteiger partial charge in [0.05, 0.1) is 11.7 Å². The first-order chi connectivity index (χ1) is 7.91. The highest BCUT2D eigenvalue weighted by molar-refractivity contribution is 14.1. The Morgan fingerprint density at radius 3 is 2.82 bits per heavy atom. The molecule has 0 bridgehead atoms. The second-order valence-electron chi connectivity index (χ2n) is 3.78. The minimum Gasteiger partial charge on any atom is -0.507 e. The molecule has 0 heterocycles. The van der Waals surface area contributed by atoms with Gasteiger partial charge >= 0.3 is 0 Å². The Kier molecular flexibility index (Phi) is 5.16. The molecule has 5 N–H and O–H groups in total. The lowest BCUT2D eigenvalue weighted by Crippen LogP contribution is -2.43. The number of benzene rings is 1. The Balaban J connectivity index is 2.67. The molecule has 0 aliphatic rings. The number of carbonyl (C=O) groups is 1. The lowest BCUT2D eigenvalue weighted by Gasteiger charge is -2.15. The van der Waals surface area contributed by atoms with Gasteiger partial charge in [-0.1, -0.05) is 0 Å². The Labute approximate surface area is 113 Å². The number of aliphatic hydroxyl groups excluding tert-OH is 1. The van der Waals surface area contributed by atoms with Gasteiger partial charge in [0.15, 0.2) is 0 Å². The van der Waals surface area contributed by atoms with Crippen molar-refractivity contribution in [1.29, 1.82) is 0 Å². The second-order valence-corrected chi connectivity index (χ2v) is 5.02. The van der Waals surface area contributed by atoms with Crippen molar-refractivity contribution in [2.45, 2.75) is 19.1 Å². The number of aromatic hydroxyl groups is 1. The van der Waals surface area contributed by atoms with Crippen LogP contribution < -0.4 is 11.1 Å². The Morgan fingerprint density at radius 1 is 1.59 bits per heavy atom. The van der Waals surface area contributed by atoms with Gasteiger partial charge < -0.3 is 21.3 Å². The Bertz CT molecular complexity index is 410. The molecule has 2 unspecified atom stereocenters. The zero-order chi connectivity index (χ0) is 13.0. The molecule has 1 aromatic carbocycles. The lowest BCUT2D eigenvalue weighted by atomic mass is 10.1. The van der Waals surface area contributed by atoms with Gasteiger partial charge in [-0.25, -0.2) is 0 Å². The molecule has 1 rings (SSSR count). The number of hydrogen-bond acceptors (Lipinski definition) is 4. The van der Waals surface area contributed by atoms with Crippen LogP contribution >= 0.6 is 22.6 Å². The first-order valence-corrected chi connectivity index (χ1v) is 6.20. The molecule has 5 nitrogen and oxygen atoms in total. The van der Waals surface area contributed by atoms with Gasteiger partial charge in [0, 0.05) is 16.2 Å². The summed E-state index contributed by atoms with van der Waals surface area (Å²) in [7, 11) is 0. The highest BCUT2D eigenvalue weighted by atomic mass is 127. The molecule has 1 amide bonds. The van der Waals surface area contributed by atoms with Crippen molar-refractivity contribution in [2.75, 3.05) is 6.54 Å². The third-order valence-electron chi connectivity index (χ3n) is 2.32. The summed E-state index contributed by atoms with van der Waals surface area (Å²) in [6, 6.07) is 4.22. The molecule has 0 aliphatic heterocycles. The topological polar surface area (TPSA) is 95.6 Å². The van der Waals surface area contributed by atoms with Crippen molar-refractivity contribution < 1.29 is 15.0 Å². The van der Waals surface area contributed by atoms with Crippen LogP contribution in [-0.4, -0.2) is 34.8 Å². The Hall–Kier alpha value is -0.860. The third-order valence-corrected chi connectivity index (χ3v) is 2.99. The van der Waals surface area contributed by atoms with Crippen molar-refractivity contribution in [3.05, 3.63) is 27.3 Å². The van der Waals surface area contributed by atoms with E-state index in [9.17, 15) is 15.0 Å². The highest BCUT2D eigenvalue weighted by Gasteiger charge is 2.14. The largest absolute Gasteiger partial charge is 0.507 e. The molecule has 0 saturated heterocycles. The summed E-state index contributed by atoms with van der Waals surface area (Å²) in [5.41, 5.74) is 5.79. The number of phenols is 1. The minimum atomic E-state index is -0.695. The van der Waals surface area contributed by atoms with Crippen LogP contribution in [0.2, 0.25) is 0 Å². The fourth-order valence-corrected chi connectivity index (χ4v) is 1.66. The molecule has 17 heavy (non-hydrogen) atoms. The number of amides is 1. The fraction of sp³-hybridized carbons (Fsp3) is 0.364. The van der Waals surface area contributed by atoms with Gasteiger partial charge in [-0.2, -0.15) is 0 Å². The standard InChI is InChI=1S/C11H15IN2O3/c1-6(15)9(13)5-14-11(17)8-4-7(12)2-3-10(8)16/h2-4,6,9,15-16H,5,13H2,1H3,(H,14,17). The van der Waals surface area contributed by atoms with Crippen LogP contribution in [0.25, 0.3) is 0 Å². The first-order valence-electron chi connectivity index (χ1n) is 5.12. The number of nitrogens with one attached hydrogen (secondary N) is 1. The fourth-order valence-electron chi connectivity index (χ4n) is 1.17. The van der Waals surface area contributed by atoms with E-state index >= 15 is 0 Å². The van der Waals surface area contributed by atoms with Gasteiger partial charge in [0.25, 0.3) is 5.91 Å². The summed E-state index contributed by atoms with van der Waals surface area (Å²) in [5.74, 6) is -0.481. The molecule has 6 heteroatoms. The van der Waals surface area contributed by atoms with Crippen LogP contribution in [0.15, 0.2) is 18.2 Å². The second kappa shape index (κ2) is 6.18. The Morgan fingerprint density at radius 2 is 2.24 bits per heavy atom. The maximum atomic E-state index is 11.7. The summed E-state index contributed by atoms with van der Waals surface area (Å²) in [5, 5.41) is 21.3. The number of hydrogen-bond donors (Lipinski definition) is 4. The van der Waals surface area contributed by atoms with Crippen LogP contribution in [-0.2, 0) is 0 Å². The molecule has 1 aromatic rings. The molecule has 0 fully saturated rings. The van der Waals surface area contributed by atoms with E-state index in [0.29, 0.717) is 0 Å². The van der Waals surface area contributed by atoms with Gasteiger partial charge in [-0.3, -0.25) is 4.79 Å². The number of aliphatic hydroxyl groups is 1. The van der Waals surface area contributed by atoms with E-state index in [1.54, 1.807) is 19.1 Å². The summed E-state index contributed by atoms with van der Waals surface area (Å²) in [6.45, 7) is 1.71. The van der Waals surface area contributed by atoms with Crippen LogP contribution in [0.4, 0.5) is 0 Å². The van der Waals surface area contributed by atoms with Crippen molar-refractivity contribution in [3.63, 3.8) is 0 Å². The zero-order valence-electron chi connectivity index (χ0n) is 9.35. The monoisotopic (exact) mass is 350 g/mol. The van der Waals surface area contributed by atoms with Crippen LogP contribution in [0, 0.1) is 3.57 Å². The predicted molar refractivity (Wildman–Crippen MR) is 72.8 cm³/mol.